The van der Waals surface area contributed by atoms with E-state index in [0.29, 0.717) is 17.5 Å². The number of nitrogens with one attached hydrogen (secondary N) is 1. The van der Waals surface area contributed by atoms with E-state index in [1.807, 2.05) is 0 Å². The molecule has 1 N–H and O–H groups in total. The number of carbonyl (C=O) groups excluding carboxylic acids is 1. The zero-order valence-electron chi connectivity index (χ0n) is 9.27. The first-order chi connectivity index (χ1) is 8.27. The van der Waals surface area contributed by atoms with Gasteiger partial charge in [-0.25, -0.2) is 9.97 Å². The first-order valence-corrected chi connectivity index (χ1v) is 6.16. The lowest BCUT2D eigenvalue weighted by atomic mass is 9.91. The molecule has 3 heterocycles. The number of aromatic nitrogens is 2. The van der Waals surface area contributed by atoms with E-state index in [0.717, 1.165) is 19.4 Å². The first kappa shape index (κ1) is 10.8. The molecule has 2 aliphatic rings. The van der Waals surface area contributed by atoms with E-state index in [1.54, 1.807) is 12.4 Å². The van der Waals surface area contributed by atoms with Crippen molar-refractivity contribution < 1.29 is 4.79 Å². The molecule has 0 aromatic carbocycles. The lowest BCUT2D eigenvalue weighted by Gasteiger charge is -2.36. The van der Waals surface area contributed by atoms with Crippen LogP contribution in [0.5, 0.6) is 0 Å². The topological polar surface area (TPSA) is 58.1 Å². The minimum Gasteiger partial charge on any atom is -0.354 e. The molecule has 2 atom stereocenters. The van der Waals surface area contributed by atoms with Crippen molar-refractivity contribution in [2.24, 2.45) is 5.92 Å². The predicted molar refractivity (Wildman–Crippen MR) is 63.9 cm³/mol. The van der Waals surface area contributed by atoms with Crippen LogP contribution < -0.4 is 10.2 Å². The minimum absolute atomic E-state index is 0.0711. The molecule has 0 aliphatic carbocycles. The highest BCUT2D eigenvalue weighted by atomic mass is 35.5. The van der Waals surface area contributed by atoms with Gasteiger partial charge >= 0.3 is 0 Å². The van der Waals surface area contributed by atoms with Crippen molar-refractivity contribution in [2.45, 2.75) is 18.9 Å². The SMILES string of the molecule is O=C1NCC2C1CCCN2c1nccnc1Cl. The Balaban J connectivity index is 1.93. The average Bonchev–Trinajstić information content (AvgIpc) is 2.72. The fraction of sp³-hybridized carbons (Fsp3) is 0.545. The van der Waals surface area contributed by atoms with Crippen LogP contribution in [0.4, 0.5) is 5.82 Å². The standard InChI is InChI=1S/C11H13ClN4O/c12-9-10(14-4-3-13-9)16-5-1-2-7-8(16)6-15-11(7)17/h3-4,7-8H,1-2,5-6H2,(H,15,17). The van der Waals surface area contributed by atoms with Crippen molar-refractivity contribution in [1.29, 1.82) is 0 Å². The molecular formula is C11H13ClN4O. The van der Waals surface area contributed by atoms with E-state index < -0.39 is 0 Å². The van der Waals surface area contributed by atoms with Crippen LogP contribution in [0.1, 0.15) is 12.8 Å². The Morgan fingerprint density at radius 2 is 2.24 bits per heavy atom. The van der Waals surface area contributed by atoms with E-state index in [9.17, 15) is 4.79 Å². The Labute approximate surface area is 104 Å². The maximum Gasteiger partial charge on any atom is 0.225 e. The second-order valence-electron chi connectivity index (χ2n) is 4.43. The number of anilines is 1. The number of piperidine rings is 1. The summed E-state index contributed by atoms with van der Waals surface area (Å²) in [5.41, 5.74) is 0. The summed E-state index contributed by atoms with van der Waals surface area (Å²) >= 11 is 6.06. The highest BCUT2D eigenvalue weighted by molar-refractivity contribution is 6.31. The number of hydrogen-bond donors (Lipinski definition) is 1. The molecule has 6 heteroatoms. The Kier molecular flexibility index (Phi) is 2.63. The van der Waals surface area contributed by atoms with Gasteiger partial charge in [-0.05, 0) is 12.8 Å². The summed E-state index contributed by atoms with van der Waals surface area (Å²) in [6.45, 7) is 1.56. The summed E-state index contributed by atoms with van der Waals surface area (Å²) in [6.07, 6.45) is 5.15. The Hall–Kier alpha value is -1.36. The van der Waals surface area contributed by atoms with Crippen molar-refractivity contribution in [3.63, 3.8) is 0 Å². The average molecular weight is 253 g/mol. The monoisotopic (exact) mass is 252 g/mol. The number of halogens is 1. The molecule has 0 bridgehead atoms. The van der Waals surface area contributed by atoms with Crippen LogP contribution in [0, 0.1) is 5.92 Å². The van der Waals surface area contributed by atoms with E-state index >= 15 is 0 Å². The Morgan fingerprint density at radius 3 is 3.06 bits per heavy atom. The molecule has 90 valence electrons. The normalized spacial score (nSPS) is 27.8. The van der Waals surface area contributed by atoms with Crippen LogP contribution in [0.25, 0.3) is 0 Å². The molecule has 5 nitrogen and oxygen atoms in total. The second-order valence-corrected chi connectivity index (χ2v) is 4.78. The molecule has 2 saturated heterocycles. The number of nitrogens with zero attached hydrogens (tertiary/aromatic N) is 3. The quantitative estimate of drug-likeness (QED) is 0.805. The van der Waals surface area contributed by atoms with Crippen LogP contribution >= 0.6 is 11.6 Å². The molecule has 0 radical (unpaired) electrons. The summed E-state index contributed by atoms with van der Waals surface area (Å²) in [6, 6.07) is 0.172. The summed E-state index contributed by atoms with van der Waals surface area (Å²) in [7, 11) is 0. The van der Waals surface area contributed by atoms with Crippen molar-refractivity contribution in [1.82, 2.24) is 15.3 Å². The number of amides is 1. The van der Waals surface area contributed by atoms with Crippen molar-refractivity contribution >= 4 is 23.3 Å². The largest absolute Gasteiger partial charge is 0.354 e. The fourth-order valence-electron chi connectivity index (χ4n) is 2.72. The third kappa shape index (κ3) is 1.74. The molecule has 3 rings (SSSR count). The second kappa shape index (κ2) is 4.14. The molecule has 2 aliphatic heterocycles. The van der Waals surface area contributed by atoms with Crippen LogP contribution in [0.3, 0.4) is 0 Å². The number of carbonyl (C=O) groups is 1. The maximum absolute atomic E-state index is 11.7. The van der Waals surface area contributed by atoms with Gasteiger partial charge in [0, 0.05) is 25.5 Å². The molecule has 2 fully saturated rings. The zero-order chi connectivity index (χ0) is 11.8. The molecule has 1 amide bonds. The van der Waals surface area contributed by atoms with Crippen molar-refractivity contribution in [2.75, 3.05) is 18.0 Å². The predicted octanol–water partition coefficient (Wildman–Crippen LogP) is 0.845. The molecule has 17 heavy (non-hydrogen) atoms. The Morgan fingerprint density at radius 1 is 1.41 bits per heavy atom. The summed E-state index contributed by atoms with van der Waals surface area (Å²) in [4.78, 5) is 22.1. The molecule has 2 unspecified atom stereocenters. The number of rotatable bonds is 1. The van der Waals surface area contributed by atoms with E-state index in [-0.39, 0.29) is 17.9 Å². The van der Waals surface area contributed by atoms with E-state index in [1.165, 1.54) is 0 Å². The Bertz CT molecular complexity index is 453. The van der Waals surface area contributed by atoms with Crippen LogP contribution in [0.15, 0.2) is 12.4 Å². The van der Waals surface area contributed by atoms with Gasteiger partial charge < -0.3 is 10.2 Å². The van der Waals surface area contributed by atoms with Gasteiger partial charge in [-0.15, -0.1) is 0 Å². The highest BCUT2D eigenvalue weighted by Gasteiger charge is 2.41. The van der Waals surface area contributed by atoms with Crippen LogP contribution in [-0.2, 0) is 4.79 Å². The summed E-state index contributed by atoms with van der Waals surface area (Å²) < 4.78 is 0. The van der Waals surface area contributed by atoms with Gasteiger partial charge in [0.05, 0.1) is 12.0 Å². The van der Waals surface area contributed by atoms with Gasteiger partial charge in [-0.3, -0.25) is 4.79 Å². The molecule has 1 aromatic heterocycles. The summed E-state index contributed by atoms with van der Waals surface area (Å²) in [5, 5.41) is 3.32. The number of fused-ring (bicyclic) bond motifs is 1. The van der Waals surface area contributed by atoms with E-state index in [2.05, 4.69) is 20.2 Å². The maximum atomic E-state index is 11.7. The lowest BCUT2D eigenvalue weighted by Crippen LogP contribution is -2.46. The van der Waals surface area contributed by atoms with Gasteiger partial charge in [0.15, 0.2) is 11.0 Å². The molecule has 0 saturated carbocycles. The van der Waals surface area contributed by atoms with Gasteiger partial charge in [0.25, 0.3) is 0 Å². The minimum atomic E-state index is 0.0711. The third-order valence-electron chi connectivity index (χ3n) is 3.51. The van der Waals surface area contributed by atoms with E-state index in [4.69, 9.17) is 11.6 Å². The summed E-state index contributed by atoms with van der Waals surface area (Å²) in [5.74, 6) is 0.918. The molecule has 0 spiro atoms. The van der Waals surface area contributed by atoms with Crippen LogP contribution in [-0.4, -0.2) is 35.0 Å². The smallest absolute Gasteiger partial charge is 0.225 e. The van der Waals surface area contributed by atoms with Gasteiger partial charge in [-0.2, -0.15) is 0 Å². The zero-order valence-corrected chi connectivity index (χ0v) is 10.0. The van der Waals surface area contributed by atoms with Gasteiger partial charge in [0.2, 0.25) is 5.91 Å². The fourth-order valence-corrected chi connectivity index (χ4v) is 2.93. The highest BCUT2D eigenvalue weighted by Crippen LogP contribution is 2.32. The molecular weight excluding hydrogens is 240 g/mol. The van der Waals surface area contributed by atoms with Gasteiger partial charge in [-0.1, -0.05) is 11.6 Å². The lowest BCUT2D eigenvalue weighted by molar-refractivity contribution is -0.122. The number of hydrogen-bond acceptors (Lipinski definition) is 4. The molecule has 1 aromatic rings. The van der Waals surface area contributed by atoms with Crippen molar-refractivity contribution in [3.8, 4) is 0 Å². The first-order valence-electron chi connectivity index (χ1n) is 5.78. The third-order valence-corrected chi connectivity index (χ3v) is 3.78. The van der Waals surface area contributed by atoms with Crippen LogP contribution in [0.2, 0.25) is 5.15 Å². The van der Waals surface area contributed by atoms with Gasteiger partial charge in [0.1, 0.15) is 0 Å². The van der Waals surface area contributed by atoms with Crippen molar-refractivity contribution in [3.05, 3.63) is 17.5 Å².